The second-order valence-electron chi connectivity index (χ2n) is 12.6. The first-order valence-corrected chi connectivity index (χ1v) is 17.8. The first-order chi connectivity index (χ1) is 25.7. The van der Waals surface area contributed by atoms with E-state index in [9.17, 15) is 29.4 Å². The molecule has 2 N–H and O–H groups in total. The molecule has 0 aliphatic heterocycles. The minimum absolute atomic E-state index is 0.00518. The Morgan fingerprint density at radius 2 is 0.907 bits per heavy atom. The van der Waals surface area contributed by atoms with Gasteiger partial charge in [-0.3, -0.25) is 29.0 Å². The van der Waals surface area contributed by atoms with E-state index in [1.54, 1.807) is 43.9 Å². The minimum Gasteiger partial charge on any atom is -0.493 e. The van der Waals surface area contributed by atoms with E-state index in [2.05, 4.69) is 0 Å². The van der Waals surface area contributed by atoms with Crippen molar-refractivity contribution in [2.45, 2.75) is 59.2 Å². The second kappa shape index (κ2) is 21.7. The predicted octanol–water partition coefficient (Wildman–Crippen LogP) is 3.47. The summed E-state index contributed by atoms with van der Waals surface area (Å²) in [6, 6.07) is 6.71. The molecule has 2 aromatic carbocycles. The summed E-state index contributed by atoms with van der Waals surface area (Å²) in [4.78, 5) is 60.1. The van der Waals surface area contributed by atoms with Gasteiger partial charge in [0.1, 0.15) is 0 Å². The Morgan fingerprint density at radius 1 is 0.556 bits per heavy atom. The van der Waals surface area contributed by atoms with Gasteiger partial charge in [0, 0.05) is 58.7 Å². The highest BCUT2D eigenvalue weighted by atomic mass is 16.5. The van der Waals surface area contributed by atoms with Gasteiger partial charge in [0.2, 0.25) is 23.3 Å². The lowest BCUT2D eigenvalue weighted by molar-refractivity contribution is -0.148. The number of hydrogen-bond donors (Lipinski definition) is 2. The molecule has 16 heteroatoms. The highest BCUT2D eigenvalue weighted by Gasteiger charge is 2.45. The maximum Gasteiger partial charge on any atom is 0.317 e. The highest BCUT2D eigenvalue weighted by Crippen LogP contribution is 2.41. The highest BCUT2D eigenvalue weighted by molar-refractivity contribution is 5.82. The van der Waals surface area contributed by atoms with Crippen LogP contribution in [0.15, 0.2) is 24.3 Å². The molecule has 0 atom stereocenters. The third-order valence-corrected chi connectivity index (χ3v) is 9.30. The number of carbonyl (C=O) groups excluding carboxylic acids is 2. The number of benzene rings is 2. The number of aliphatic carboxylic acids is 2. The van der Waals surface area contributed by atoms with Crippen molar-refractivity contribution in [3.05, 3.63) is 35.4 Å². The molecule has 2 rings (SSSR count). The van der Waals surface area contributed by atoms with Crippen molar-refractivity contribution in [3.8, 4) is 34.5 Å². The smallest absolute Gasteiger partial charge is 0.317 e. The van der Waals surface area contributed by atoms with Gasteiger partial charge in [-0.1, -0.05) is 0 Å². The van der Waals surface area contributed by atoms with Gasteiger partial charge in [-0.05, 0) is 63.1 Å². The second-order valence-corrected chi connectivity index (χ2v) is 12.6. The number of ether oxygens (including phenoxy) is 6. The maximum absolute atomic E-state index is 14.2. The Hall–Kier alpha value is -4.96. The van der Waals surface area contributed by atoms with E-state index in [0.29, 0.717) is 71.8 Å². The van der Waals surface area contributed by atoms with Gasteiger partial charge in [0.15, 0.2) is 23.0 Å². The third-order valence-electron chi connectivity index (χ3n) is 9.30. The number of amides is 2. The monoisotopic (exact) mass is 762 g/mol. The Labute approximate surface area is 318 Å². The van der Waals surface area contributed by atoms with Crippen LogP contribution in [0.1, 0.15) is 51.7 Å². The molecule has 16 nitrogen and oxygen atoms in total. The molecule has 0 aliphatic rings. The average Bonchev–Trinajstić information content (AvgIpc) is 3.13. The van der Waals surface area contributed by atoms with E-state index < -0.39 is 30.6 Å². The number of hydrogen-bond acceptors (Lipinski definition) is 12. The van der Waals surface area contributed by atoms with E-state index >= 15 is 0 Å². The number of rotatable bonds is 25. The van der Waals surface area contributed by atoms with Gasteiger partial charge in [-0.15, -0.1) is 0 Å². The molecule has 0 saturated carbocycles. The first-order valence-electron chi connectivity index (χ1n) is 17.8. The lowest BCUT2D eigenvalue weighted by atomic mass is 9.85. The lowest BCUT2D eigenvalue weighted by Gasteiger charge is -2.46. The van der Waals surface area contributed by atoms with Gasteiger partial charge in [-0.25, -0.2) is 0 Å². The Bertz CT molecular complexity index is 1480. The van der Waals surface area contributed by atoms with Crippen LogP contribution in [0.4, 0.5) is 0 Å². The van der Waals surface area contributed by atoms with E-state index in [-0.39, 0.29) is 44.3 Å². The average molecular weight is 763 g/mol. The summed E-state index contributed by atoms with van der Waals surface area (Å²) in [6.45, 7) is 7.38. The molecule has 0 saturated heterocycles. The summed E-state index contributed by atoms with van der Waals surface area (Å²) in [5.74, 6) is -1.04. The zero-order valence-electron chi connectivity index (χ0n) is 33.4. The number of nitrogens with zero attached hydrogens (tertiary/aromatic N) is 4. The van der Waals surface area contributed by atoms with Gasteiger partial charge in [0.05, 0.1) is 61.3 Å². The van der Waals surface area contributed by atoms with E-state index in [4.69, 9.17) is 28.4 Å². The molecule has 0 bridgehead atoms. The molecule has 302 valence electrons. The first kappa shape index (κ1) is 45.2. The normalized spacial score (nSPS) is 11.3. The Balaban J connectivity index is 3.00. The summed E-state index contributed by atoms with van der Waals surface area (Å²) >= 11 is 0. The number of carboxylic acid groups (broad SMARTS) is 2. The Morgan fingerprint density at radius 3 is 1.20 bits per heavy atom. The number of methoxy groups -OCH3 is 6. The molecule has 2 amide bonds. The molecule has 0 radical (unpaired) electrons. The Kier molecular flexibility index (Phi) is 18.1. The maximum atomic E-state index is 14.2. The minimum atomic E-state index is -1.56. The topological polar surface area (TPSA) is 177 Å². The molecular formula is C38H58N4O12. The summed E-state index contributed by atoms with van der Waals surface area (Å²) < 4.78 is 33.3. The fraction of sp³-hybridized carbons (Fsp3) is 0.579. The van der Waals surface area contributed by atoms with Crippen LogP contribution in [0.25, 0.3) is 0 Å². The molecule has 54 heavy (non-hydrogen) atoms. The summed E-state index contributed by atoms with van der Waals surface area (Å²) in [7, 11) is 8.77. The zero-order valence-corrected chi connectivity index (χ0v) is 33.4. The molecule has 0 aromatic heterocycles. The van der Waals surface area contributed by atoms with Crippen LogP contribution in [-0.2, 0) is 32.3 Å². The van der Waals surface area contributed by atoms with E-state index in [1.165, 1.54) is 42.7 Å². The molecule has 0 fully saturated rings. The van der Waals surface area contributed by atoms with Crippen molar-refractivity contribution in [3.63, 3.8) is 0 Å². The third kappa shape index (κ3) is 11.8. The molecular weight excluding hydrogens is 704 g/mol. The molecule has 0 aliphatic carbocycles. The van der Waals surface area contributed by atoms with Crippen LogP contribution in [-0.4, -0.2) is 148 Å². The van der Waals surface area contributed by atoms with Crippen molar-refractivity contribution >= 4 is 23.8 Å². The van der Waals surface area contributed by atoms with E-state index in [0.717, 1.165) is 0 Å². The predicted molar refractivity (Wildman–Crippen MR) is 201 cm³/mol. The number of carbonyl (C=O) groups is 4. The fourth-order valence-electron chi connectivity index (χ4n) is 6.70. The van der Waals surface area contributed by atoms with Gasteiger partial charge in [0.25, 0.3) is 0 Å². The summed E-state index contributed by atoms with van der Waals surface area (Å²) in [6.07, 6.45) is -0.602. The summed E-state index contributed by atoms with van der Waals surface area (Å²) in [5.41, 5.74) is -0.442. The standard InChI is InChI=1S/C38H58N4O12/c1-11-40(12-2)32(43)19-38(20-33(44)41(13-3)14-4,42(24-35(47)48)22-27-17-30(51-7)37(54-10)31(18-27)52-8)25-39(23-34(45)46)21-26-15-28(49-5)36(53-9)29(16-26)50-6/h15-18H,11-14,19-25H2,1-10H3,(H,45,46)(H,47,48). The van der Waals surface area contributed by atoms with Gasteiger partial charge < -0.3 is 48.4 Å². The molecule has 2 aromatic rings. The quantitative estimate of drug-likeness (QED) is 0.150. The number of carboxylic acids is 2. The van der Waals surface area contributed by atoms with Crippen LogP contribution >= 0.6 is 0 Å². The van der Waals surface area contributed by atoms with Crippen LogP contribution in [0.5, 0.6) is 34.5 Å². The van der Waals surface area contributed by atoms with Crippen LogP contribution in [0.3, 0.4) is 0 Å². The van der Waals surface area contributed by atoms with Gasteiger partial charge >= 0.3 is 11.9 Å². The summed E-state index contributed by atoms with van der Waals surface area (Å²) in [5, 5.41) is 20.6. The SMILES string of the molecule is CCN(CC)C(=O)CC(CC(=O)N(CC)CC)(CN(CC(=O)O)Cc1cc(OC)c(OC)c(OC)c1)N(CC(=O)O)Cc1cc(OC)c(OC)c(OC)c1. The van der Waals surface area contributed by atoms with Crippen molar-refractivity contribution in [2.24, 2.45) is 0 Å². The zero-order chi connectivity index (χ0) is 40.6. The lowest BCUT2D eigenvalue weighted by Crippen LogP contribution is -2.61. The largest absolute Gasteiger partial charge is 0.493 e. The molecule has 0 heterocycles. The molecule has 0 spiro atoms. The van der Waals surface area contributed by atoms with Crippen molar-refractivity contribution in [1.29, 1.82) is 0 Å². The van der Waals surface area contributed by atoms with Crippen LogP contribution in [0, 0.1) is 0 Å². The van der Waals surface area contributed by atoms with Crippen molar-refractivity contribution in [2.75, 3.05) is 88.5 Å². The van der Waals surface area contributed by atoms with E-state index in [1.807, 2.05) is 27.7 Å². The van der Waals surface area contributed by atoms with Gasteiger partial charge in [-0.2, -0.15) is 0 Å². The molecule has 0 unspecified atom stereocenters. The van der Waals surface area contributed by atoms with Crippen molar-refractivity contribution < 1.29 is 57.8 Å². The fourth-order valence-corrected chi connectivity index (χ4v) is 6.70. The van der Waals surface area contributed by atoms with Crippen molar-refractivity contribution in [1.82, 2.24) is 19.6 Å². The van der Waals surface area contributed by atoms with Crippen LogP contribution < -0.4 is 28.4 Å². The van der Waals surface area contributed by atoms with Crippen LogP contribution in [0.2, 0.25) is 0 Å².